The zero-order valence-corrected chi connectivity index (χ0v) is 13.8. The molecule has 1 aromatic carbocycles. The number of benzene rings is 1. The number of thiophene rings is 1. The molecular formula is C17H17N3O2S. The van der Waals surface area contributed by atoms with Gasteiger partial charge in [0.15, 0.2) is 5.82 Å². The molecule has 1 N–H and O–H groups in total. The standard InChI is InChI=1S/C17H17N3O2S/c1-3-14-8-9-15(23-14)10-18-16(21)12-4-6-13(7-5-12)17-19-11(2)20-22-17/h4-9H,3,10H2,1-2H3,(H,18,21). The molecule has 118 valence electrons. The lowest BCUT2D eigenvalue weighted by Gasteiger charge is -2.04. The SMILES string of the molecule is CCc1ccc(CNC(=O)c2ccc(-c3nc(C)no3)cc2)s1. The molecule has 3 rings (SSSR count). The minimum atomic E-state index is -0.0929. The number of nitrogens with zero attached hydrogens (tertiary/aromatic N) is 2. The highest BCUT2D eigenvalue weighted by Gasteiger charge is 2.09. The van der Waals surface area contributed by atoms with Crippen LogP contribution in [0, 0.1) is 6.92 Å². The second-order valence-electron chi connectivity index (χ2n) is 5.13. The summed E-state index contributed by atoms with van der Waals surface area (Å²) in [6.07, 6.45) is 1.02. The van der Waals surface area contributed by atoms with Gasteiger partial charge in [0.1, 0.15) is 0 Å². The third-order valence-electron chi connectivity index (χ3n) is 3.41. The second kappa shape index (κ2) is 6.75. The van der Waals surface area contributed by atoms with E-state index in [9.17, 15) is 4.79 Å². The van der Waals surface area contributed by atoms with Crippen LogP contribution in [0.2, 0.25) is 0 Å². The Labute approximate surface area is 138 Å². The Morgan fingerprint density at radius 3 is 2.52 bits per heavy atom. The van der Waals surface area contributed by atoms with Crippen LogP contribution < -0.4 is 5.32 Å². The fourth-order valence-electron chi connectivity index (χ4n) is 2.16. The Morgan fingerprint density at radius 1 is 1.17 bits per heavy atom. The highest BCUT2D eigenvalue weighted by molar-refractivity contribution is 7.11. The van der Waals surface area contributed by atoms with E-state index in [0.29, 0.717) is 23.8 Å². The first-order chi connectivity index (χ1) is 11.2. The van der Waals surface area contributed by atoms with Crippen molar-refractivity contribution in [1.29, 1.82) is 0 Å². The van der Waals surface area contributed by atoms with Gasteiger partial charge in [-0.15, -0.1) is 11.3 Å². The molecule has 0 aliphatic carbocycles. The molecule has 1 amide bonds. The van der Waals surface area contributed by atoms with Gasteiger partial charge in [0.05, 0.1) is 6.54 Å². The molecular weight excluding hydrogens is 310 g/mol. The van der Waals surface area contributed by atoms with Crippen LogP contribution in [0.4, 0.5) is 0 Å². The number of hydrogen-bond donors (Lipinski definition) is 1. The highest BCUT2D eigenvalue weighted by Crippen LogP contribution is 2.18. The van der Waals surface area contributed by atoms with Crippen LogP contribution in [0.1, 0.15) is 32.9 Å². The lowest BCUT2D eigenvalue weighted by molar-refractivity contribution is 0.0951. The van der Waals surface area contributed by atoms with Crippen molar-refractivity contribution in [2.75, 3.05) is 0 Å². The van der Waals surface area contributed by atoms with Crippen molar-refractivity contribution >= 4 is 17.2 Å². The summed E-state index contributed by atoms with van der Waals surface area (Å²) in [7, 11) is 0. The van der Waals surface area contributed by atoms with Crippen LogP contribution in [0.25, 0.3) is 11.5 Å². The van der Waals surface area contributed by atoms with Crippen molar-refractivity contribution in [3.05, 3.63) is 57.5 Å². The molecule has 5 nitrogen and oxygen atoms in total. The number of carbonyl (C=O) groups excluding carboxylic acids is 1. The molecule has 0 spiro atoms. The molecule has 0 radical (unpaired) electrons. The van der Waals surface area contributed by atoms with Crippen molar-refractivity contribution in [1.82, 2.24) is 15.5 Å². The number of amides is 1. The van der Waals surface area contributed by atoms with Gasteiger partial charge in [0, 0.05) is 20.9 Å². The summed E-state index contributed by atoms with van der Waals surface area (Å²) in [5.74, 6) is 0.953. The highest BCUT2D eigenvalue weighted by atomic mass is 32.1. The number of rotatable bonds is 5. The van der Waals surface area contributed by atoms with Crippen LogP contribution >= 0.6 is 11.3 Å². The topological polar surface area (TPSA) is 68.0 Å². The van der Waals surface area contributed by atoms with Crippen LogP contribution in [0.15, 0.2) is 40.9 Å². The van der Waals surface area contributed by atoms with Crippen LogP contribution in [0.5, 0.6) is 0 Å². The number of aryl methyl sites for hydroxylation is 2. The number of hydrogen-bond acceptors (Lipinski definition) is 5. The Bertz CT molecular complexity index is 805. The minimum Gasteiger partial charge on any atom is -0.347 e. The predicted molar refractivity (Wildman–Crippen MR) is 89.3 cm³/mol. The van der Waals surface area contributed by atoms with Gasteiger partial charge in [0.25, 0.3) is 11.8 Å². The number of carbonyl (C=O) groups is 1. The maximum Gasteiger partial charge on any atom is 0.257 e. The maximum atomic E-state index is 12.2. The van der Waals surface area contributed by atoms with E-state index in [4.69, 9.17) is 4.52 Å². The van der Waals surface area contributed by atoms with Gasteiger partial charge in [-0.1, -0.05) is 12.1 Å². The van der Waals surface area contributed by atoms with Crippen molar-refractivity contribution < 1.29 is 9.32 Å². The van der Waals surface area contributed by atoms with Gasteiger partial charge in [-0.2, -0.15) is 4.98 Å². The van der Waals surface area contributed by atoms with E-state index in [-0.39, 0.29) is 5.91 Å². The van der Waals surface area contributed by atoms with E-state index in [2.05, 4.69) is 34.5 Å². The summed E-state index contributed by atoms with van der Waals surface area (Å²) in [6, 6.07) is 11.3. The quantitative estimate of drug-likeness (QED) is 0.777. The van der Waals surface area contributed by atoms with E-state index in [1.165, 1.54) is 4.88 Å². The number of nitrogens with one attached hydrogen (secondary N) is 1. The zero-order valence-electron chi connectivity index (χ0n) is 13.0. The molecule has 0 bridgehead atoms. The lowest BCUT2D eigenvalue weighted by Crippen LogP contribution is -2.22. The monoisotopic (exact) mass is 327 g/mol. The minimum absolute atomic E-state index is 0.0929. The maximum absolute atomic E-state index is 12.2. The molecule has 6 heteroatoms. The van der Waals surface area contributed by atoms with Crippen LogP contribution in [0.3, 0.4) is 0 Å². The Balaban J connectivity index is 1.63. The van der Waals surface area contributed by atoms with Crippen molar-refractivity contribution in [3.63, 3.8) is 0 Å². The fourth-order valence-corrected chi connectivity index (χ4v) is 3.05. The first-order valence-corrected chi connectivity index (χ1v) is 8.24. The molecule has 2 heterocycles. The summed E-state index contributed by atoms with van der Waals surface area (Å²) < 4.78 is 5.11. The van der Waals surface area contributed by atoms with Crippen LogP contribution in [-0.4, -0.2) is 16.0 Å². The molecule has 23 heavy (non-hydrogen) atoms. The molecule has 0 aliphatic heterocycles. The van der Waals surface area contributed by atoms with Gasteiger partial charge in [-0.25, -0.2) is 0 Å². The van der Waals surface area contributed by atoms with Gasteiger partial charge < -0.3 is 9.84 Å². The molecule has 0 aliphatic rings. The molecule has 0 saturated carbocycles. The molecule has 0 saturated heterocycles. The Hall–Kier alpha value is -2.47. The smallest absolute Gasteiger partial charge is 0.257 e. The van der Waals surface area contributed by atoms with Gasteiger partial charge >= 0.3 is 0 Å². The second-order valence-corrected chi connectivity index (χ2v) is 6.38. The summed E-state index contributed by atoms with van der Waals surface area (Å²) in [5.41, 5.74) is 1.41. The predicted octanol–water partition coefficient (Wildman–Crippen LogP) is 3.60. The Kier molecular flexibility index (Phi) is 4.52. The first-order valence-electron chi connectivity index (χ1n) is 7.42. The molecule has 0 unspecified atom stereocenters. The zero-order chi connectivity index (χ0) is 16.2. The van der Waals surface area contributed by atoms with E-state index in [1.54, 1.807) is 30.4 Å². The fraction of sp³-hybridized carbons (Fsp3) is 0.235. The molecule has 2 aromatic heterocycles. The van der Waals surface area contributed by atoms with Gasteiger partial charge in [-0.3, -0.25) is 4.79 Å². The Morgan fingerprint density at radius 2 is 1.91 bits per heavy atom. The van der Waals surface area contributed by atoms with Gasteiger partial charge in [0.2, 0.25) is 0 Å². The molecule has 0 fully saturated rings. The third-order valence-corrected chi connectivity index (χ3v) is 4.64. The largest absolute Gasteiger partial charge is 0.347 e. The van der Waals surface area contributed by atoms with Crippen LogP contribution in [-0.2, 0) is 13.0 Å². The van der Waals surface area contributed by atoms with E-state index >= 15 is 0 Å². The summed E-state index contributed by atoms with van der Waals surface area (Å²) in [5, 5.41) is 6.69. The number of aromatic nitrogens is 2. The lowest BCUT2D eigenvalue weighted by atomic mass is 10.1. The van der Waals surface area contributed by atoms with Crippen molar-refractivity contribution in [2.24, 2.45) is 0 Å². The van der Waals surface area contributed by atoms with Crippen molar-refractivity contribution in [3.8, 4) is 11.5 Å². The third kappa shape index (κ3) is 3.65. The van der Waals surface area contributed by atoms with E-state index in [1.807, 2.05) is 12.1 Å². The normalized spacial score (nSPS) is 10.7. The molecule has 0 atom stereocenters. The average Bonchev–Trinajstić information content (AvgIpc) is 3.21. The summed E-state index contributed by atoms with van der Waals surface area (Å²) >= 11 is 1.73. The van der Waals surface area contributed by atoms with E-state index in [0.717, 1.165) is 16.9 Å². The summed E-state index contributed by atoms with van der Waals surface area (Å²) in [6.45, 7) is 4.44. The van der Waals surface area contributed by atoms with Gasteiger partial charge in [-0.05, 0) is 49.7 Å². The van der Waals surface area contributed by atoms with Crippen molar-refractivity contribution in [2.45, 2.75) is 26.8 Å². The average molecular weight is 327 g/mol. The summed E-state index contributed by atoms with van der Waals surface area (Å²) in [4.78, 5) is 18.8. The molecule has 3 aromatic rings. The van der Waals surface area contributed by atoms with E-state index < -0.39 is 0 Å². The first kappa shape index (κ1) is 15.4.